The van der Waals surface area contributed by atoms with Gasteiger partial charge in [0.05, 0.1) is 22.1 Å². The molecule has 1 aromatic heterocycles. The number of hydrogen-bond acceptors (Lipinski definition) is 1. The molecule has 15 rings (SSSR count). The maximum Gasteiger partial charge on any atom is 0.0714 e. The van der Waals surface area contributed by atoms with Gasteiger partial charge in [-0.2, -0.15) is 0 Å². The molecule has 1 fully saturated rings. The predicted octanol–water partition coefficient (Wildman–Crippen LogP) is 23.5. The summed E-state index contributed by atoms with van der Waals surface area (Å²) in [5, 5.41) is 2.77. The SMILES string of the molecule is CCCCCCc1ccc2c(c1)c1cc(C3CCCCC3)ccc1n2-c1ccc(-c2ccc(-c3ccc(N(c4ccc5c(c4)C(c4ccccc4)(c4ccccc4)c4ccccc4-5)c4ccccc4-c4ccc(-c5ccccc5)cc4)cc3)cc2)cc1. The summed E-state index contributed by atoms with van der Waals surface area (Å²) >= 11 is 0. The molecule has 422 valence electrons. The minimum Gasteiger partial charge on any atom is -0.310 e. The van der Waals surface area contributed by atoms with Crippen LogP contribution in [0.1, 0.15) is 104 Å². The van der Waals surface area contributed by atoms with Crippen LogP contribution in [0.2, 0.25) is 0 Å². The summed E-state index contributed by atoms with van der Waals surface area (Å²) < 4.78 is 2.50. The van der Waals surface area contributed by atoms with Gasteiger partial charge >= 0.3 is 0 Å². The Hall–Kier alpha value is -9.76. The zero-order chi connectivity index (χ0) is 58.1. The van der Waals surface area contributed by atoms with E-state index in [1.807, 2.05) is 0 Å². The molecule has 0 bridgehead atoms. The van der Waals surface area contributed by atoms with Crippen molar-refractivity contribution in [3.05, 3.63) is 325 Å². The molecule has 0 atom stereocenters. The molecular formula is C85H72N2. The fourth-order valence-electron chi connectivity index (χ4n) is 14.8. The van der Waals surface area contributed by atoms with E-state index in [1.165, 1.54) is 163 Å². The Kier molecular flexibility index (Phi) is 14.6. The highest BCUT2D eigenvalue weighted by Crippen LogP contribution is 2.57. The minimum atomic E-state index is -0.538. The van der Waals surface area contributed by atoms with Crippen molar-refractivity contribution in [2.45, 2.75) is 82.5 Å². The van der Waals surface area contributed by atoms with E-state index in [1.54, 1.807) is 0 Å². The topological polar surface area (TPSA) is 8.17 Å². The molecule has 2 nitrogen and oxygen atoms in total. The highest BCUT2D eigenvalue weighted by atomic mass is 15.1. The van der Waals surface area contributed by atoms with E-state index in [9.17, 15) is 0 Å². The molecule has 0 radical (unpaired) electrons. The van der Waals surface area contributed by atoms with Gasteiger partial charge in [0.15, 0.2) is 0 Å². The first-order valence-electron chi connectivity index (χ1n) is 31.9. The average Bonchev–Trinajstić information content (AvgIpc) is 1.60. The summed E-state index contributed by atoms with van der Waals surface area (Å²) in [6.45, 7) is 2.30. The van der Waals surface area contributed by atoms with Crippen LogP contribution >= 0.6 is 0 Å². The third-order valence-electron chi connectivity index (χ3n) is 19.2. The van der Waals surface area contributed by atoms with Crippen molar-refractivity contribution in [2.75, 3.05) is 4.90 Å². The van der Waals surface area contributed by atoms with Crippen molar-refractivity contribution < 1.29 is 0 Å². The third-order valence-corrected chi connectivity index (χ3v) is 19.2. The molecule has 2 aliphatic carbocycles. The van der Waals surface area contributed by atoms with Crippen LogP contribution in [-0.2, 0) is 11.8 Å². The van der Waals surface area contributed by atoms with Crippen molar-refractivity contribution in [1.29, 1.82) is 0 Å². The van der Waals surface area contributed by atoms with E-state index in [2.05, 4.69) is 308 Å². The lowest BCUT2D eigenvalue weighted by Gasteiger charge is -2.35. The third kappa shape index (κ3) is 9.98. The van der Waals surface area contributed by atoms with Crippen molar-refractivity contribution in [1.82, 2.24) is 4.57 Å². The average molecular weight is 1120 g/mol. The lowest BCUT2D eigenvalue weighted by atomic mass is 9.67. The second-order valence-corrected chi connectivity index (χ2v) is 24.3. The van der Waals surface area contributed by atoms with Gasteiger partial charge in [0.2, 0.25) is 0 Å². The van der Waals surface area contributed by atoms with Crippen LogP contribution in [0.4, 0.5) is 17.1 Å². The van der Waals surface area contributed by atoms with Gasteiger partial charge in [0, 0.05) is 33.4 Å². The Bertz CT molecular complexity index is 4490. The molecule has 1 saturated carbocycles. The molecule has 0 saturated heterocycles. The smallest absolute Gasteiger partial charge is 0.0714 e. The first-order chi connectivity index (χ1) is 43.1. The van der Waals surface area contributed by atoms with Gasteiger partial charge in [-0.25, -0.2) is 0 Å². The number of hydrogen-bond donors (Lipinski definition) is 0. The van der Waals surface area contributed by atoms with E-state index in [0.717, 1.165) is 34.6 Å². The van der Waals surface area contributed by atoms with Crippen molar-refractivity contribution in [2.24, 2.45) is 0 Å². The number of rotatable bonds is 16. The number of unbranched alkanes of at least 4 members (excludes halogenated alkanes) is 3. The predicted molar refractivity (Wildman–Crippen MR) is 368 cm³/mol. The van der Waals surface area contributed by atoms with E-state index < -0.39 is 5.41 Å². The lowest BCUT2D eigenvalue weighted by molar-refractivity contribution is 0.444. The van der Waals surface area contributed by atoms with E-state index in [0.29, 0.717) is 5.92 Å². The van der Waals surface area contributed by atoms with Gasteiger partial charge in [0.1, 0.15) is 0 Å². The van der Waals surface area contributed by atoms with E-state index in [4.69, 9.17) is 0 Å². The molecule has 0 amide bonds. The quantitative estimate of drug-likeness (QED) is 0.0876. The number of fused-ring (bicyclic) bond motifs is 6. The fraction of sp³-hybridized carbons (Fsp3) is 0.153. The van der Waals surface area contributed by atoms with Crippen LogP contribution in [0.25, 0.3) is 83.1 Å². The Morgan fingerprint density at radius 3 is 1.53 bits per heavy atom. The van der Waals surface area contributed by atoms with Gasteiger partial charge < -0.3 is 9.47 Å². The van der Waals surface area contributed by atoms with Gasteiger partial charge in [-0.3, -0.25) is 0 Å². The number of para-hydroxylation sites is 1. The Labute approximate surface area is 513 Å². The Morgan fingerprint density at radius 2 is 0.885 bits per heavy atom. The van der Waals surface area contributed by atoms with Crippen LogP contribution in [0.15, 0.2) is 291 Å². The second kappa shape index (κ2) is 23.6. The maximum atomic E-state index is 2.55. The monoisotopic (exact) mass is 1120 g/mol. The normalized spacial score (nSPS) is 13.6. The van der Waals surface area contributed by atoms with Gasteiger partial charge in [0.25, 0.3) is 0 Å². The Balaban J connectivity index is 0.777. The fourth-order valence-corrected chi connectivity index (χ4v) is 14.8. The summed E-state index contributed by atoms with van der Waals surface area (Å²) in [7, 11) is 0. The van der Waals surface area contributed by atoms with Gasteiger partial charge in [-0.1, -0.05) is 270 Å². The molecule has 2 aliphatic rings. The summed E-state index contributed by atoms with van der Waals surface area (Å²) in [6.07, 6.45) is 12.9. The largest absolute Gasteiger partial charge is 0.310 e. The Morgan fingerprint density at radius 1 is 0.379 bits per heavy atom. The first-order valence-corrected chi connectivity index (χ1v) is 31.9. The standard InChI is InChI=1S/C85H72N2/c1-2-3-4-9-22-60-35-55-83-78(57-60)79-58-69(62-25-12-6-13-26-62)48-56-84(79)87(83)73-51-46-67(47-52-73)65-38-36-64(37-39-65)66-44-49-72(50-45-66)86(82-34-21-19-31-75(82)68-42-40-63(41-43-68)61-23-10-5-11-24-61)74-53-54-77-76-32-18-20-33-80(76)85(81(77)59-74,70-27-14-7-15-28-70)71-29-16-8-17-30-71/h5,7-8,10-11,14-21,23-24,27-59,62H,2-4,6,9,12-13,22,25-26H2,1H3. The molecule has 0 aliphatic heterocycles. The van der Waals surface area contributed by atoms with Crippen LogP contribution in [0, 0.1) is 0 Å². The number of aromatic nitrogens is 1. The van der Waals surface area contributed by atoms with Crippen LogP contribution in [0.3, 0.4) is 0 Å². The van der Waals surface area contributed by atoms with E-state index >= 15 is 0 Å². The number of anilines is 3. The molecule has 12 aromatic carbocycles. The number of nitrogens with zero attached hydrogens (tertiary/aromatic N) is 2. The summed E-state index contributed by atoms with van der Waals surface area (Å²) in [4.78, 5) is 2.47. The molecular weight excluding hydrogens is 1050 g/mol. The molecule has 0 spiro atoms. The molecule has 87 heavy (non-hydrogen) atoms. The van der Waals surface area contributed by atoms with Crippen molar-refractivity contribution >= 4 is 38.9 Å². The lowest BCUT2D eigenvalue weighted by Crippen LogP contribution is -2.28. The van der Waals surface area contributed by atoms with Gasteiger partial charge in [-0.05, 0) is 182 Å². The number of aryl methyl sites for hydroxylation is 1. The first kappa shape index (κ1) is 53.9. The van der Waals surface area contributed by atoms with Crippen molar-refractivity contribution in [3.8, 4) is 61.3 Å². The summed E-state index contributed by atoms with van der Waals surface area (Å²) in [5.74, 6) is 0.668. The molecule has 2 heteroatoms. The maximum absolute atomic E-state index is 2.55. The van der Waals surface area contributed by atoms with Crippen LogP contribution in [-0.4, -0.2) is 4.57 Å². The summed E-state index contributed by atoms with van der Waals surface area (Å²) in [5.41, 5.74) is 26.6. The molecule has 0 N–H and O–H groups in total. The minimum absolute atomic E-state index is 0.538. The number of benzene rings is 12. The van der Waals surface area contributed by atoms with Crippen LogP contribution in [0.5, 0.6) is 0 Å². The summed E-state index contributed by atoms with van der Waals surface area (Å²) in [6, 6.07) is 109. The zero-order valence-corrected chi connectivity index (χ0v) is 49.8. The molecule has 13 aromatic rings. The zero-order valence-electron chi connectivity index (χ0n) is 49.8. The van der Waals surface area contributed by atoms with E-state index in [-0.39, 0.29) is 0 Å². The van der Waals surface area contributed by atoms with Crippen LogP contribution < -0.4 is 4.90 Å². The highest BCUT2D eigenvalue weighted by Gasteiger charge is 2.46. The molecule has 0 unspecified atom stereocenters. The van der Waals surface area contributed by atoms with Gasteiger partial charge in [-0.15, -0.1) is 0 Å². The van der Waals surface area contributed by atoms with Crippen molar-refractivity contribution in [3.63, 3.8) is 0 Å². The highest BCUT2D eigenvalue weighted by molar-refractivity contribution is 6.10. The second-order valence-electron chi connectivity index (χ2n) is 24.3. The molecule has 1 heterocycles.